The van der Waals surface area contributed by atoms with E-state index < -0.39 is 6.04 Å². The molecule has 1 N–H and O–H groups in total. The minimum Gasteiger partial charge on any atom is -0.385 e. The highest BCUT2D eigenvalue weighted by Crippen LogP contribution is 2.30. The van der Waals surface area contributed by atoms with Gasteiger partial charge in [0.25, 0.3) is 0 Å². The van der Waals surface area contributed by atoms with Crippen LogP contribution in [0.25, 0.3) is 0 Å². The molecule has 22 heavy (non-hydrogen) atoms. The van der Waals surface area contributed by atoms with E-state index in [9.17, 15) is 9.59 Å². The number of fused-ring (bicyclic) bond motifs is 1. The Hall–Kier alpha value is -1.88. The summed E-state index contributed by atoms with van der Waals surface area (Å²) < 4.78 is 4.99. The van der Waals surface area contributed by atoms with Gasteiger partial charge in [-0.2, -0.15) is 0 Å². The highest BCUT2D eigenvalue weighted by molar-refractivity contribution is 5.92. The van der Waals surface area contributed by atoms with Gasteiger partial charge in [0.15, 0.2) is 0 Å². The summed E-state index contributed by atoms with van der Waals surface area (Å²) in [6, 6.07) is 7.20. The lowest BCUT2D eigenvalue weighted by molar-refractivity contribution is -0.141. The lowest BCUT2D eigenvalue weighted by atomic mass is 9.91. The molecule has 0 bridgehead atoms. The van der Waals surface area contributed by atoms with Gasteiger partial charge in [-0.15, -0.1) is 0 Å². The standard InChI is InChI=1S/C17H24N2O3/c1-3-10-19-15(20)12-13-7-4-5-8-14(13)16(19)17(21)18-9-6-11-22-2/h4-5,7-8,16H,3,6,9-12H2,1-2H3,(H,18,21)/t16-/m0/s1. The largest absolute Gasteiger partial charge is 0.385 e. The van der Waals surface area contributed by atoms with Crippen LogP contribution in [0, 0.1) is 0 Å². The summed E-state index contributed by atoms with van der Waals surface area (Å²) in [5.41, 5.74) is 1.90. The van der Waals surface area contributed by atoms with E-state index in [1.165, 1.54) is 0 Å². The maximum Gasteiger partial charge on any atom is 0.247 e. The van der Waals surface area contributed by atoms with Gasteiger partial charge in [0.2, 0.25) is 11.8 Å². The number of amides is 2. The van der Waals surface area contributed by atoms with Gasteiger partial charge in [0.05, 0.1) is 6.42 Å². The molecule has 2 rings (SSSR count). The zero-order chi connectivity index (χ0) is 15.9. The second kappa shape index (κ2) is 7.94. The van der Waals surface area contributed by atoms with Crippen LogP contribution in [0.2, 0.25) is 0 Å². The zero-order valence-electron chi connectivity index (χ0n) is 13.3. The van der Waals surface area contributed by atoms with Crippen molar-refractivity contribution in [1.82, 2.24) is 10.2 Å². The SMILES string of the molecule is CCCN1C(=O)Cc2ccccc2[C@H]1C(=O)NCCCOC. The Morgan fingerprint density at radius 3 is 2.91 bits per heavy atom. The van der Waals surface area contributed by atoms with Crippen molar-refractivity contribution >= 4 is 11.8 Å². The Bertz CT molecular complexity index is 530. The van der Waals surface area contributed by atoms with Crippen LogP contribution in [-0.2, 0) is 20.7 Å². The van der Waals surface area contributed by atoms with Crippen LogP contribution in [0.1, 0.15) is 36.9 Å². The summed E-state index contributed by atoms with van der Waals surface area (Å²) in [5.74, 6) is -0.0809. The number of carbonyl (C=O) groups is 2. The monoisotopic (exact) mass is 304 g/mol. The van der Waals surface area contributed by atoms with Gasteiger partial charge in [-0.1, -0.05) is 31.2 Å². The normalized spacial score (nSPS) is 17.3. The van der Waals surface area contributed by atoms with Gasteiger partial charge < -0.3 is 15.0 Å². The second-order valence-corrected chi connectivity index (χ2v) is 5.50. The van der Waals surface area contributed by atoms with Crippen LogP contribution in [-0.4, -0.2) is 43.5 Å². The molecular formula is C17H24N2O3. The topological polar surface area (TPSA) is 58.6 Å². The average Bonchev–Trinajstić information content (AvgIpc) is 2.52. The van der Waals surface area contributed by atoms with Gasteiger partial charge in [-0.25, -0.2) is 0 Å². The third-order valence-corrected chi connectivity index (χ3v) is 3.86. The molecule has 2 amide bonds. The van der Waals surface area contributed by atoms with Crippen molar-refractivity contribution in [3.05, 3.63) is 35.4 Å². The smallest absolute Gasteiger partial charge is 0.247 e. The predicted octanol–water partition coefficient (Wildman–Crippen LogP) is 1.68. The molecule has 1 aromatic carbocycles. The number of benzene rings is 1. The first kappa shape index (κ1) is 16.5. The van der Waals surface area contributed by atoms with E-state index in [0.717, 1.165) is 24.0 Å². The first-order valence-electron chi connectivity index (χ1n) is 7.83. The maximum atomic E-state index is 12.6. The number of hydrogen-bond acceptors (Lipinski definition) is 3. The average molecular weight is 304 g/mol. The first-order valence-corrected chi connectivity index (χ1v) is 7.83. The fourth-order valence-electron chi connectivity index (χ4n) is 2.84. The lowest BCUT2D eigenvalue weighted by Gasteiger charge is -2.36. The lowest BCUT2D eigenvalue weighted by Crippen LogP contribution is -2.47. The van der Waals surface area contributed by atoms with Crippen LogP contribution in [0.5, 0.6) is 0 Å². The molecule has 0 aliphatic carbocycles. The number of rotatable bonds is 7. The van der Waals surface area contributed by atoms with E-state index in [4.69, 9.17) is 4.74 Å². The van der Waals surface area contributed by atoms with Crippen molar-refractivity contribution in [1.29, 1.82) is 0 Å². The molecule has 1 aliphatic heterocycles. The summed E-state index contributed by atoms with van der Waals surface area (Å²) >= 11 is 0. The fourth-order valence-corrected chi connectivity index (χ4v) is 2.84. The molecule has 0 unspecified atom stereocenters. The zero-order valence-corrected chi connectivity index (χ0v) is 13.3. The molecule has 1 aliphatic rings. The molecule has 120 valence electrons. The van der Waals surface area contributed by atoms with Gasteiger partial charge in [-0.3, -0.25) is 9.59 Å². The molecule has 5 heteroatoms. The molecule has 0 saturated heterocycles. The summed E-state index contributed by atoms with van der Waals surface area (Å²) in [5, 5.41) is 2.92. The van der Waals surface area contributed by atoms with Crippen molar-refractivity contribution in [3.8, 4) is 0 Å². The molecule has 0 aromatic heterocycles. The fraction of sp³-hybridized carbons (Fsp3) is 0.529. The Balaban J connectivity index is 2.19. The number of nitrogens with zero attached hydrogens (tertiary/aromatic N) is 1. The van der Waals surface area contributed by atoms with Crippen LogP contribution in [0.3, 0.4) is 0 Å². The molecule has 0 fully saturated rings. The summed E-state index contributed by atoms with van der Waals surface area (Å²) in [4.78, 5) is 26.7. The van der Waals surface area contributed by atoms with E-state index in [0.29, 0.717) is 26.1 Å². The van der Waals surface area contributed by atoms with Crippen LogP contribution in [0.4, 0.5) is 0 Å². The highest BCUT2D eigenvalue weighted by Gasteiger charge is 2.36. The number of methoxy groups -OCH3 is 1. The molecular weight excluding hydrogens is 280 g/mol. The first-order chi connectivity index (χ1) is 10.7. The van der Waals surface area contributed by atoms with E-state index >= 15 is 0 Å². The number of carbonyl (C=O) groups excluding carboxylic acids is 2. The minimum atomic E-state index is -0.514. The molecule has 0 radical (unpaired) electrons. The van der Waals surface area contributed by atoms with Crippen molar-refractivity contribution in [2.24, 2.45) is 0 Å². The van der Waals surface area contributed by atoms with Crippen molar-refractivity contribution in [3.63, 3.8) is 0 Å². The number of nitrogens with one attached hydrogen (secondary N) is 1. The minimum absolute atomic E-state index is 0.0255. The van der Waals surface area contributed by atoms with Gasteiger partial charge in [-0.05, 0) is 24.0 Å². The summed E-state index contributed by atoms with van der Waals surface area (Å²) in [6.07, 6.45) is 1.98. The van der Waals surface area contributed by atoms with Crippen LogP contribution < -0.4 is 5.32 Å². The number of ether oxygens (including phenoxy) is 1. The molecule has 0 saturated carbocycles. The molecule has 1 atom stereocenters. The Labute approximate surface area is 131 Å². The predicted molar refractivity (Wildman–Crippen MR) is 84.4 cm³/mol. The van der Waals surface area contributed by atoms with E-state index in [1.54, 1.807) is 12.0 Å². The van der Waals surface area contributed by atoms with E-state index in [1.807, 2.05) is 31.2 Å². The quantitative estimate of drug-likeness (QED) is 0.780. The Morgan fingerprint density at radius 2 is 2.18 bits per heavy atom. The van der Waals surface area contributed by atoms with Gasteiger partial charge in [0.1, 0.15) is 6.04 Å². The summed E-state index contributed by atoms with van der Waals surface area (Å²) in [7, 11) is 1.64. The molecule has 1 heterocycles. The molecule has 1 aromatic rings. The van der Waals surface area contributed by atoms with E-state index in [2.05, 4.69) is 5.32 Å². The van der Waals surface area contributed by atoms with Crippen LogP contribution >= 0.6 is 0 Å². The third kappa shape index (κ3) is 3.65. The van der Waals surface area contributed by atoms with Crippen LogP contribution in [0.15, 0.2) is 24.3 Å². The number of hydrogen-bond donors (Lipinski definition) is 1. The van der Waals surface area contributed by atoms with Crippen molar-refractivity contribution in [2.75, 3.05) is 26.8 Å². The van der Waals surface area contributed by atoms with Crippen molar-refractivity contribution in [2.45, 2.75) is 32.2 Å². The maximum absolute atomic E-state index is 12.6. The highest BCUT2D eigenvalue weighted by atomic mass is 16.5. The summed E-state index contributed by atoms with van der Waals surface area (Å²) in [6.45, 7) is 3.78. The van der Waals surface area contributed by atoms with E-state index in [-0.39, 0.29) is 11.8 Å². The van der Waals surface area contributed by atoms with Gasteiger partial charge >= 0.3 is 0 Å². The third-order valence-electron chi connectivity index (χ3n) is 3.86. The molecule has 0 spiro atoms. The molecule has 5 nitrogen and oxygen atoms in total. The van der Waals surface area contributed by atoms with Crippen molar-refractivity contribution < 1.29 is 14.3 Å². The second-order valence-electron chi connectivity index (χ2n) is 5.50. The Morgan fingerprint density at radius 1 is 1.41 bits per heavy atom. The van der Waals surface area contributed by atoms with Gasteiger partial charge in [0, 0.05) is 26.8 Å². The Kier molecular flexibility index (Phi) is 5.95.